The van der Waals surface area contributed by atoms with E-state index in [-0.39, 0.29) is 11.1 Å². The maximum Gasteiger partial charge on any atom is 0.494 e. The molecule has 0 N–H and O–H groups in total. The van der Waals surface area contributed by atoms with Crippen LogP contribution in [-0.2, 0) is 9.31 Å². The van der Waals surface area contributed by atoms with E-state index in [0.29, 0.717) is 17.6 Å². The molecule has 0 bridgehead atoms. The zero-order valence-electron chi connectivity index (χ0n) is 12.8. The molecule has 0 amide bonds. The molecule has 1 aliphatic rings. The number of nitrogens with zero attached hydrogens (tertiary/aromatic N) is 1. The fourth-order valence-corrected chi connectivity index (χ4v) is 2.54. The summed E-state index contributed by atoms with van der Waals surface area (Å²) >= 11 is 0. The van der Waals surface area contributed by atoms with Crippen LogP contribution in [0.2, 0.25) is 0 Å². The first-order valence-corrected chi connectivity index (χ1v) is 7.18. The lowest BCUT2D eigenvalue weighted by Gasteiger charge is -2.16. The van der Waals surface area contributed by atoms with E-state index >= 15 is 0 Å². The van der Waals surface area contributed by atoms with Crippen LogP contribution in [0.15, 0.2) is 36.4 Å². The predicted octanol–water partition coefficient (Wildman–Crippen LogP) is 3.02. The average Bonchev–Trinajstić information content (AvgIpc) is 2.88. The lowest BCUT2D eigenvalue weighted by atomic mass is 9.77. The summed E-state index contributed by atoms with van der Waals surface area (Å²) in [5.41, 5.74) is 0.878. The van der Waals surface area contributed by atoms with Crippen LogP contribution in [0.1, 0.15) is 19.4 Å². The van der Waals surface area contributed by atoms with E-state index in [2.05, 4.69) is 0 Å². The Bertz CT molecular complexity index is 802. The quantitative estimate of drug-likeness (QED) is 0.800. The Balaban J connectivity index is 2.04. The fraction of sp³-hybridized carbons (Fsp3) is 0.235. The summed E-state index contributed by atoms with van der Waals surface area (Å²) in [6, 6.07) is 10.0. The molecule has 0 aliphatic carbocycles. The number of nitriles is 1. The summed E-state index contributed by atoms with van der Waals surface area (Å²) in [6.45, 7) is 4.25. The standard InChI is InChI=1S/C17H14BF2NO2/c1-17(2)10-22-18(23-17)12-3-6-16(20)15(8-12)14-5-4-13(19)7-11(14)9-21/h3-8H,10H2,1-2H3. The van der Waals surface area contributed by atoms with Gasteiger partial charge in [0.25, 0.3) is 0 Å². The topological polar surface area (TPSA) is 42.2 Å². The van der Waals surface area contributed by atoms with Crippen molar-refractivity contribution < 1.29 is 18.1 Å². The Morgan fingerprint density at radius 2 is 1.91 bits per heavy atom. The lowest BCUT2D eigenvalue weighted by Crippen LogP contribution is -2.34. The monoisotopic (exact) mass is 313 g/mol. The SMILES string of the molecule is CC1(C)COB(c2ccc(F)c(-c3ccc(F)cc3C#N)c2)O1. The number of hydrogen-bond donors (Lipinski definition) is 0. The zero-order valence-corrected chi connectivity index (χ0v) is 12.8. The van der Waals surface area contributed by atoms with Gasteiger partial charge in [-0.15, -0.1) is 0 Å². The molecule has 3 rings (SSSR count). The van der Waals surface area contributed by atoms with Gasteiger partial charge in [0.1, 0.15) is 11.6 Å². The minimum atomic E-state index is -0.588. The second kappa shape index (κ2) is 5.76. The van der Waals surface area contributed by atoms with Crippen LogP contribution in [-0.4, -0.2) is 19.3 Å². The molecule has 0 saturated carbocycles. The van der Waals surface area contributed by atoms with E-state index in [1.54, 1.807) is 12.1 Å². The van der Waals surface area contributed by atoms with Gasteiger partial charge in [0.05, 0.1) is 23.8 Å². The summed E-state index contributed by atoms with van der Waals surface area (Å²) in [5.74, 6) is -1.03. The van der Waals surface area contributed by atoms with Crippen LogP contribution in [0.25, 0.3) is 11.1 Å². The molecule has 23 heavy (non-hydrogen) atoms. The van der Waals surface area contributed by atoms with E-state index < -0.39 is 24.4 Å². The number of hydrogen-bond acceptors (Lipinski definition) is 3. The summed E-state index contributed by atoms with van der Waals surface area (Å²) in [5, 5.41) is 9.16. The maximum absolute atomic E-state index is 14.2. The summed E-state index contributed by atoms with van der Waals surface area (Å²) in [7, 11) is -0.588. The molecule has 3 nitrogen and oxygen atoms in total. The second-order valence-electron chi connectivity index (χ2n) is 6.06. The minimum Gasteiger partial charge on any atom is -0.404 e. The van der Waals surface area contributed by atoms with Crippen molar-refractivity contribution in [1.29, 1.82) is 5.26 Å². The molecule has 1 fully saturated rings. The molecule has 0 radical (unpaired) electrons. The van der Waals surface area contributed by atoms with Crippen molar-refractivity contribution in [1.82, 2.24) is 0 Å². The van der Waals surface area contributed by atoms with Gasteiger partial charge in [0.15, 0.2) is 0 Å². The number of benzene rings is 2. The van der Waals surface area contributed by atoms with Crippen molar-refractivity contribution in [3.63, 3.8) is 0 Å². The van der Waals surface area contributed by atoms with Crippen LogP contribution in [0.3, 0.4) is 0 Å². The molecule has 116 valence electrons. The first-order valence-electron chi connectivity index (χ1n) is 7.18. The van der Waals surface area contributed by atoms with E-state index in [1.165, 1.54) is 18.2 Å². The molecule has 2 aromatic carbocycles. The molecule has 1 aliphatic heterocycles. The lowest BCUT2D eigenvalue weighted by molar-refractivity contribution is 0.137. The third-order valence-corrected chi connectivity index (χ3v) is 3.66. The van der Waals surface area contributed by atoms with E-state index in [9.17, 15) is 8.78 Å². The largest absolute Gasteiger partial charge is 0.494 e. The Kier molecular flexibility index (Phi) is 3.93. The number of halogens is 2. The maximum atomic E-state index is 14.2. The third-order valence-electron chi connectivity index (χ3n) is 3.66. The first kappa shape index (κ1) is 15.7. The van der Waals surface area contributed by atoms with Gasteiger partial charge < -0.3 is 9.31 Å². The molecule has 0 unspecified atom stereocenters. The van der Waals surface area contributed by atoms with Crippen molar-refractivity contribution in [2.24, 2.45) is 0 Å². The molecular weight excluding hydrogens is 299 g/mol. The van der Waals surface area contributed by atoms with Crippen LogP contribution in [0.5, 0.6) is 0 Å². The number of rotatable bonds is 2. The Morgan fingerprint density at radius 3 is 2.57 bits per heavy atom. The molecule has 0 aromatic heterocycles. The molecular formula is C17H14BF2NO2. The van der Waals surface area contributed by atoms with Gasteiger partial charge in [-0.25, -0.2) is 8.78 Å². The molecule has 1 heterocycles. The van der Waals surface area contributed by atoms with Crippen molar-refractivity contribution >= 4 is 12.6 Å². The van der Waals surface area contributed by atoms with Crippen LogP contribution in [0, 0.1) is 23.0 Å². The molecule has 0 atom stereocenters. The van der Waals surface area contributed by atoms with Crippen molar-refractivity contribution in [3.05, 3.63) is 53.6 Å². The van der Waals surface area contributed by atoms with Crippen LogP contribution < -0.4 is 5.46 Å². The van der Waals surface area contributed by atoms with Gasteiger partial charge in [-0.2, -0.15) is 5.26 Å². The highest BCUT2D eigenvalue weighted by Gasteiger charge is 2.38. The van der Waals surface area contributed by atoms with Gasteiger partial charge in [0.2, 0.25) is 0 Å². The highest BCUT2D eigenvalue weighted by molar-refractivity contribution is 6.62. The van der Waals surface area contributed by atoms with Crippen molar-refractivity contribution in [2.45, 2.75) is 19.4 Å². The molecule has 0 spiro atoms. The molecule has 1 saturated heterocycles. The first-order chi connectivity index (χ1) is 10.9. The normalized spacial score (nSPS) is 16.4. The van der Waals surface area contributed by atoms with E-state index in [1.807, 2.05) is 19.9 Å². The fourth-order valence-electron chi connectivity index (χ4n) is 2.54. The van der Waals surface area contributed by atoms with Crippen LogP contribution in [0.4, 0.5) is 8.78 Å². The van der Waals surface area contributed by atoms with Gasteiger partial charge >= 0.3 is 7.12 Å². The van der Waals surface area contributed by atoms with Crippen LogP contribution >= 0.6 is 0 Å². The van der Waals surface area contributed by atoms with Crippen molar-refractivity contribution in [2.75, 3.05) is 6.61 Å². The minimum absolute atomic E-state index is 0.0784. The van der Waals surface area contributed by atoms with Crippen molar-refractivity contribution in [3.8, 4) is 17.2 Å². The highest BCUT2D eigenvalue weighted by atomic mass is 19.1. The Morgan fingerprint density at radius 1 is 1.13 bits per heavy atom. The molecule has 6 heteroatoms. The van der Waals surface area contributed by atoms with Gasteiger partial charge in [-0.3, -0.25) is 0 Å². The molecule has 2 aromatic rings. The smallest absolute Gasteiger partial charge is 0.404 e. The Labute approximate surface area is 133 Å². The Hall–Kier alpha value is -2.23. The van der Waals surface area contributed by atoms with E-state index in [0.717, 1.165) is 6.07 Å². The van der Waals surface area contributed by atoms with Gasteiger partial charge in [-0.1, -0.05) is 18.2 Å². The van der Waals surface area contributed by atoms with Gasteiger partial charge in [0, 0.05) is 11.1 Å². The summed E-state index contributed by atoms with van der Waals surface area (Å²) in [4.78, 5) is 0. The average molecular weight is 313 g/mol. The highest BCUT2D eigenvalue weighted by Crippen LogP contribution is 2.27. The van der Waals surface area contributed by atoms with E-state index in [4.69, 9.17) is 14.6 Å². The predicted molar refractivity (Wildman–Crippen MR) is 83.0 cm³/mol. The summed E-state index contributed by atoms with van der Waals surface area (Å²) < 4.78 is 38.9. The summed E-state index contributed by atoms with van der Waals surface area (Å²) in [6.07, 6.45) is 0. The second-order valence-corrected chi connectivity index (χ2v) is 6.06. The third kappa shape index (κ3) is 3.12. The zero-order chi connectivity index (χ0) is 16.6. The van der Waals surface area contributed by atoms with Gasteiger partial charge in [-0.05, 0) is 37.5 Å².